The summed E-state index contributed by atoms with van der Waals surface area (Å²) in [4.78, 5) is 8.87. The molecule has 1 amide bonds. The van der Waals surface area contributed by atoms with Crippen LogP contribution in [0, 0.1) is 0 Å². The second-order valence-corrected chi connectivity index (χ2v) is 3.18. The molecule has 1 aromatic carbocycles. The van der Waals surface area contributed by atoms with E-state index in [2.05, 4.69) is 0 Å². The fourth-order valence-electron chi connectivity index (χ4n) is 0.835. The van der Waals surface area contributed by atoms with Crippen molar-refractivity contribution in [3.8, 4) is 5.75 Å². The van der Waals surface area contributed by atoms with Gasteiger partial charge in [0.2, 0.25) is 0 Å². The molecule has 0 aliphatic heterocycles. The lowest BCUT2D eigenvalue weighted by Gasteiger charge is -2.17. The number of alkyl halides is 1. The molecular formula is C8H8ClN2O2. The van der Waals surface area contributed by atoms with Gasteiger partial charge in [-0.3, -0.25) is 10.5 Å². The fourth-order valence-corrected chi connectivity index (χ4v) is 0.961. The van der Waals surface area contributed by atoms with Gasteiger partial charge in [0.15, 0.2) is 5.00 Å². The Kier molecular flexibility index (Phi) is 2.45. The van der Waals surface area contributed by atoms with E-state index in [1.54, 1.807) is 0 Å². The van der Waals surface area contributed by atoms with Gasteiger partial charge in [-0.1, -0.05) is 23.7 Å². The number of phenolic OH excluding ortho intramolecular Hbond substituents is 1. The van der Waals surface area contributed by atoms with Gasteiger partial charge in [0, 0.05) is 0 Å². The molecule has 13 heavy (non-hydrogen) atoms. The smallest absolute Gasteiger partial charge is 0.278 e. The van der Waals surface area contributed by atoms with Gasteiger partial charge in [-0.05, 0) is 17.7 Å². The van der Waals surface area contributed by atoms with Crippen molar-refractivity contribution in [2.45, 2.75) is 5.00 Å². The van der Waals surface area contributed by atoms with E-state index < -0.39 is 10.9 Å². The van der Waals surface area contributed by atoms with Gasteiger partial charge in [0.05, 0.1) is 0 Å². The summed E-state index contributed by atoms with van der Waals surface area (Å²) in [5.74, 6) is -1.03. The number of amides is 1. The fraction of sp³-hybridized carbons (Fsp3) is 0.125. The molecule has 5 heteroatoms. The van der Waals surface area contributed by atoms with E-state index in [1.165, 1.54) is 24.3 Å². The van der Waals surface area contributed by atoms with Crippen LogP contribution >= 0.6 is 11.6 Å². The third-order valence-electron chi connectivity index (χ3n) is 1.62. The zero-order valence-corrected chi connectivity index (χ0v) is 7.38. The quantitative estimate of drug-likeness (QED) is 0.539. The van der Waals surface area contributed by atoms with Crippen LogP contribution in [0.25, 0.3) is 0 Å². The van der Waals surface area contributed by atoms with E-state index in [4.69, 9.17) is 28.2 Å². The summed E-state index contributed by atoms with van der Waals surface area (Å²) in [5.41, 5.74) is 12.5. The zero-order valence-electron chi connectivity index (χ0n) is 6.62. The first-order valence-electron chi connectivity index (χ1n) is 3.48. The van der Waals surface area contributed by atoms with E-state index >= 15 is 0 Å². The molecule has 1 atom stereocenters. The molecule has 0 bridgehead atoms. The Labute approximate surface area is 80.1 Å². The molecule has 1 unspecified atom stereocenters. The highest BCUT2D eigenvalue weighted by atomic mass is 35.5. The lowest BCUT2D eigenvalue weighted by atomic mass is 10.1. The molecule has 4 N–H and O–H groups in total. The number of phenols is 1. The average molecular weight is 200 g/mol. The SMILES string of the molecule is [NH]C(=O)C(N)(Cl)c1ccc(O)cc1. The molecule has 69 valence electrons. The van der Waals surface area contributed by atoms with Crippen LogP contribution in [0.5, 0.6) is 5.75 Å². The van der Waals surface area contributed by atoms with E-state index in [0.717, 1.165) is 0 Å². The molecule has 1 radical (unpaired) electrons. The molecular weight excluding hydrogens is 192 g/mol. The van der Waals surface area contributed by atoms with Crippen molar-refractivity contribution in [1.29, 1.82) is 0 Å². The molecule has 0 aliphatic rings. The molecule has 1 aromatic rings. The molecule has 0 saturated heterocycles. The summed E-state index contributed by atoms with van der Waals surface area (Å²) < 4.78 is 0. The maximum absolute atomic E-state index is 10.7. The van der Waals surface area contributed by atoms with Crippen LogP contribution in [-0.4, -0.2) is 11.0 Å². The first-order valence-corrected chi connectivity index (χ1v) is 3.85. The molecule has 0 aromatic heterocycles. The third kappa shape index (κ3) is 1.91. The second kappa shape index (κ2) is 3.24. The number of rotatable bonds is 2. The number of nitrogens with two attached hydrogens (primary N) is 1. The van der Waals surface area contributed by atoms with Crippen molar-refractivity contribution in [3.63, 3.8) is 0 Å². The minimum Gasteiger partial charge on any atom is -0.508 e. The Balaban J connectivity index is 3.08. The highest BCUT2D eigenvalue weighted by molar-refractivity contribution is 6.33. The number of carbonyl (C=O) groups excluding carboxylic acids is 1. The van der Waals surface area contributed by atoms with Gasteiger partial charge in [-0.2, -0.15) is 0 Å². The van der Waals surface area contributed by atoms with Crippen molar-refractivity contribution >= 4 is 17.5 Å². The van der Waals surface area contributed by atoms with Crippen molar-refractivity contribution in [3.05, 3.63) is 29.8 Å². The average Bonchev–Trinajstić information content (AvgIpc) is 2.04. The molecule has 0 aliphatic carbocycles. The summed E-state index contributed by atoms with van der Waals surface area (Å²) in [6.07, 6.45) is 0. The number of benzene rings is 1. The van der Waals surface area contributed by atoms with E-state index in [1.807, 2.05) is 0 Å². The number of nitrogens with one attached hydrogen (secondary N) is 1. The number of hydrogen-bond acceptors (Lipinski definition) is 3. The van der Waals surface area contributed by atoms with Gasteiger partial charge < -0.3 is 10.8 Å². The van der Waals surface area contributed by atoms with Gasteiger partial charge in [-0.15, -0.1) is 0 Å². The van der Waals surface area contributed by atoms with Crippen LogP contribution in [0.2, 0.25) is 0 Å². The monoisotopic (exact) mass is 199 g/mol. The van der Waals surface area contributed by atoms with Gasteiger partial charge in [0.25, 0.3) is 5.91 Å². The van der Waals surface area contributed by atoms with Gasteiger partial charge in [0.1, 0.15) is 5.75 Å². The van der Waals surface area contributed by atoms with Crippen LogP contribution < -0.4 is 11.5 Å². The molecule has 0 saturated carbocycles. The molecule has 0 heterocycles. The molecule has 0 spiro atoms. The van der Waals surface area contributed by atoms with E-state index in [-0.39, 0.29) is 11.3 Å². The van der Waals surface area contributed by atoms with E-state index in [0.29, 0.717) is 0 Å². The summed E-state index contributed by atoms with van der Waals surface area (Å²) in [6.45, 7) is 0. The third-order valence-corrected chi connectivity index (χ3v) is 2.01. The summed E-state index contributed by atoms with van der Waals surface area (Å²) >= 11 is 5.61. The predicted octanol–water partition coefficient (Wildman–Crippen LogP) is 0.552. The van der Waals surface area contributed by atoms with Gasteiger partial charge in [-0.25, -0.2) is 0 Å². The van der Waals surface area contributed by atoms with Crippen LogP contribution in [-0.2, 0) is 9.79 Å². The highest BCUT2D eigenvalue weighted by Gasteiger charge is 2.31. The Bertz CT molecular complexity index is 321. The van der Waals surface area contributed by atoms with E-state index in [9.17, 15) is 4.79 Å². The van der Waals surface area contributed by atoms with Gasteiger partial charge >= 0.3 is 0 Å². The Morgan fingerprint density at radius 3 is 2.31 bits per heavy atom. The Morgan fingerprint density at radius 1 is 1.46 bits per heavy atom. The van der Waals surface area contributed by atoms with Crippen molar-refractivity contribution in [2.24, 2.45) is 5.73 Å². The number of hydrogen-bond donors (Lipinski definition) is 2. The zero-order chi connectivity index (χ0) is 10.1. The van der Waals surface area contributed by atoms with Crippen molar-refractivity contribution < 1.29 is 9.90 Å². The maximum atomic E-state index is 10.7. The molecule has 4 nitrogen and oxygen atoms in total. The standard InChI is InChI=1S/C8H8ClN2O2/c9-8(11,7(10)13)5-1-3-6(12)4-2-5/h1-4,10,12H,11H2. The lowest BCUT2D eigenvalue weighted by Crippen LogP contribution is -2.39. The number of aromatic hydroxyl groups is 1. The number of halogens is 1. The van der Waals surface area contributed by atoms with Crippen LogP contribution in [0.15, 0.2) is 24.3 Å². The van der Waals surface area contributed by atoms with Crippen molar-refractivity contribution in [2.75, 3.05) is 0 Å². The second-order valence-electron chi connectivity index (χ2n) is 2.59. The molecule has 0 fully saturated rings. The molecule has 1 rings (SSSR count). The highest BCUT2D eigenvalue weighted by Crippen LogP contribution is 2.24. The lowest BCUT2D eigenvalue weighted by molar-refractivity contribution is -0.121. The largest absolute Gasteiger partial charge is 0.508 e. The summed E-state index contributed by atoms with van der Waals surface area (Å²) in [6, 6.07) is 5.49. The normalized spacial score (nSPS) is 14.9. The maximum Gasteiger partial charge on any atom is 0.278 e. The topological polar surface area (TPSA) is 87.1 Å². The summed E-state index contributed by atoms with van der Waals surface area (Å²) in [7, 11) is 0. The van der Waals surface area contributed by atoms with Crippen molar-refractivity contribution in [1.82, 2.24) is 5.73 Å². The first kappa shape index (κ1) is 9.83. The Hall–Kier alpha value is -1.26. The minimum absolute atomic E-state index is 0.0497. The minimum atomic E-state index is -1.83. The number of carbonyl (C=O) groups is 1. The predicted molar refractivity (Wildman–Crippen MR) is 47.9 cm³/mol. The van der Waals surface area contributed by atoms with Crippen LogP contribution in [0.4, 0.5) is 0 Å². The Morgan fingerprint density at radius 2 is 1.92 bits per heavy atom. The van der Waals surface area contributed by atoms with Crippen LogP contribution in [0.3, 0.4) is 0 Å². The first-order chi connectivity index (χ1) is 5.94. The van der Waals surface area contributed by atoms with Crippen LogP contribution in [0.1, 0.15) is 5.56 Å². The summed E-state index contributed by atoms with van der Waals surface area (Å²) in [5, 5.41) is 8.95.